The quantitative estimate of drug-likeness (QED) is 0.865. The van der Waals surface area contributed by atoms with Gasteiger partial charge in [0.05, 0.1) is 12.3 Å². The average Bonchev–Trinajstić information content (AvgIpc) is 2.93. The first-order chi connectivity index (χ1) is 11.1. The number of benzene rings is 1. The van der Waals surface area contributed by atoms with E-state index in [1.54, 1.807) is 45.0 Å². The lowest BCUT2D eigenvalue weighted by atomic mass is 9.96. The number of aromatic nitrogens is 2. The maximum Gasteiger partial charge on any atom is 0.335 e. The summed E-state index contributed by atoms with van der Waals surface area (Å²) in [5, 5.41) is 9.79. The minimum Gasteiger partial charge on any atom is -0.411 e. The van der Waals surface area contributed by atoms with E-state index in [0.717, 1.165) is 0 Å². The predicted octanol–water partition coefficient (Wildman–Crippen LogP) is 2.36. The highest BCUT2D eigenvalue weighted by Crippen LogP contribution is 2.18. The maximum atomic E-state index is 12.3. The number of sulfone groups is 1. The molecule has 1 heterocycles. The molecule has 0 atom stereocenters. The van der Waals surface area contributed by atoms with Crippen LogP contribution in [0.15, 0.2) is 33.9 Å². The Morgan fingerprint density at radius 1 is 1.29 bits per heavy atom. The molecular formula is C15H18ClN3O4S. The number of amides is 1. The second kappa shape index (κ2) is 6.90. The van der Waals surface area contributed by atoms with Gasteiger partial charge in [-0.05, 0) is 17.7 Å². The largest absolute Gasteiger partial charge is 0.411 e. The molecule has 1 aromatic heterocycles. The molecule has 0 fully saturated rings. The number of hydrogen-bond donors (Lipinski definition) is 1. The van der Waals surface area contributed by atoms with Crippen molar-refractivity contribution in [2.45, 2.75) is 38.3 Å². The molecule has 1 amide bonds. The summed E-state index contributed by atoms with van der Waals surface area (Å²) in [5.41, 5.74) is -0.0510. The highest BCUT2D eigenvalue weighted by Gasteiger charge is 2.25. The Labute approximate surface area is 145 Å². The summed E-state index contributed by atoms with van der Waals surface area (Å²) in [6.45, 7) is 5.25. The van der Waals surface area contributed by atoms with Crippen molar-refractivity contribution < 1.29 is 17.6 Å². The van der Waals surface area contributed by atoms with Crippen LogP contribution in [0.1, 0.15) is 32.2 Å². The third-order valence-electron chi connectivity index (χ3n) is 3.04. The van der Waals surface area contributed by atoms with Gasteiger partial charge < -0.3 is 9.73 Å². The zero-order valence-electron chi connectivity index (χ0n) is 13.5. The zero-order valence-corrected chi connectivity index (χ0v) is 15.1. The minimum absolute atomic E-state index is 0.0252. The number of nitrogens with zero attached hydrogens (tertiary/aromatic N) is 2. The second-order valence-electron chi connectivity index (χ2n) is 6.28. The fourth-order valence-corrected chi connectivity index (χ4v) is 3.11. The van der Waals surface area contributed by atoms with E-state index < -0.39 is 20.5 Å². The molecular weight excluding hydrogens is 354 g/mol. The first kappa shape index (κ1) is 18.4. The summed E-state index contributed by atoms with van der Waals surface area (Å²) in [6.07, 6.45) is 0. The van der Waals surface area contributed by atoms with E-state index in [1.807, 2.05) is 0 Å². The number of hydrogen-bond acceptors (Lipinski definition) is 6. The molecule has 24 heavy (non-hydrogen) atoms. The fraction of sp³-hybridized carbons (Fsp3) is 0.400. The molecule has 130 valence electrons. The summed E-state index contributed by atoms with van der Waals surface area (Å²) in [6, 6.07) is 6.51. The van der Waals surface area contributed by atoms with Crippen molar-refractivity contribution in [3.63, 3.8) is 0 Å². The first-order valence-corrected chi connectivity index (χ1v) is 9.19. The lowest BCUT2D eigenvalue weighted by molar-refractivity contribution is -0.128. The van der Waals surface area contributed by atoms with Crippen molar-refractivity contribution in [3.8, 4) is 0 Å². The van der Waals surface area contributed by atoms with Gasteiger partial charge in [-0.2, -0.15) is 0 Å². The molecule has 2 rings (SSSR count). The van der Waals surface area contributed by atoms with Crippen LogP contribution in [0.25, 0.3) is 0 Å². The predicted molar refractivity (Wildman–Crippen MR) is 87.9 cm³/mol. The van der Waals surface area contributed by atoms with Gasteiger partial charge in [0.25, 0.3) is 0 Å². The molecule has 0 aliphatic carbocycles. The lowest BCUT2D eigenvalue weighted by Gasteiger charge is -2.16. The topological polar surface area (TPSA) is 102 Å². The van der Waals surface area contributed by atoms with Crippen LogP contribution in [0.2, 0.25) is 5.02 Å². The standard InChI is InChI=1S/C15H18ClN3O4S/c1-15(2,3)13(20)17-8-12-18-19-14(23-12)24(21,22)9-10-5-4-6-11(16)7-10/h4-7H,8-9H2,1-3H3,(H,17,20). The molecule has 1 N–H and O–H groups in total. The van der Waals surface area contributed by atoms with Gasteiger partial charge in [0.2, 0.25) is 21.6 Å². The Bertz CT molecular complexity index is 840. The Hall–Kier alpha value is -1.93. The molecule has 0 spiro atoms. The Balaban J connectivity index is 2.07. The lowest BCUT2D eigenvalue weighted by Crippen LogP contribution is -2.34. The smallest absolute Gasteiger partial charge is 0.335 e. The summed E-state index contributed by atoms with van der Waals surface area (Å²) in [5.74, 6) is -0.481. The van der Waals surface area contributed by atoms with E-state index in [0.29, 0.717) is 10.6 Å². The van der Waals surface area contributed by atoms with E-state index in [1.165, 1.54) is 0 Å². The Morgan fingerprint density at radius 2 is 2.00 bits per heavy atom. The van der Waals surface area contributed by atoms with Gasteiger partial charge in [0.1, 0.15) is 0 Å². The summed E-state index contributed by atoms with van der Waals surface area (Å²) >= 11 is 5.85. The van der Waals surface area contributed by atoms with E-state index in [2.05, 4.69) is 15.5 Å². The summed E-state index contributed by atoms with van der Waals surface area (Å²) < 4.78 is 29.7. The summed E-state index contributed by atoms with van der Waals surface area (Å²) in [7, 11) is -3.79. The fourth-order valence-electron chi connectivity index (χ4n) is 1.76. The third kappa shape index (κ3) is 4.78. The molecule has 0 aliphatic heterocycles. The van der Waals surface area contributed by atoms with Gasteiger partial charge in [-0.15, -0.1) is 5.10 Å². The molecule has 0 saturated heterocycles. The average molecular weight is 372 g/mol. The van der Waals surface area contributed by atoms with Crippen LogP contribution in [0.5, 0.6) is 0 Å². The van der Waals surface area contributed by atoms with Crippen LogP contribution in [0.3, 0.4) is 0 Å². The van der Waals surface area contributed by atoms with E-state index >= 15 is 0 Å². The molecule has 7 nitrogen and oxygen atoms in total. The molecule has 0 radical (unpaired) electrons. The third-order valence-corrected chi connectivity index (χ3v) is 4.69. The van der Waals surface area contributed by atoms with Gasteiger partial charge in [-0.1, -0.05) is 49.6 Å². The molecule has 0 aliphatic rings. The second-order valence-corrected chi connectivity index (χ2v) is 8.59. The number of rotatable bonds is 5. The van der Waals surface area contributed by atoms with Crippen molar-refractivity contribution in [2.24, 2.45) is 5.41 Å². The number of carbonyl (C=O) groups is 1. The van der Waals surface area contributed by atoms with Gasteiger partial charge >= 0.3 is 5.22 Å². The van der Waals surface area contributed by atoms with E-state index in [-0.39, 0.29) is 24.1 Å². The van der Waals surface area contributed by atoms with Crippen molar-refractivity contribution in [2.75, 3.05) is 0 Å². The number of halogens is 1. The number of nitrogens with one attached hydrogen (secondary N) is 1. The van der Waals surface area contributed by atoms with Crippen molar-refractivity contribution >= 4 is 27.3 Å². The van der Waals surface area contributed by atoms with Crippen molar-refractivity contribution in [3.05, 3.63) is 40.7 Å². The SMILES string of the molecule is CC(C)(C)C(=O)NCc1nnc(S(=O)(=O)Cc2cccc(Cl)c2)o1. The molecule has 0 bridgehead atoms. The van der Waals surface area contributed by atoms with E-state index in [9.17, 15) is 13.2 Å². The summed E-state index contributed by atoms with van der Waals surface area (Å²) in [4.78, 5) is 11.8. The highest BCUT2D eigenvalue weighted by molar-refractivity contribution is 7.90. The monoisotopic (exact) mass is 371 g/mol. The molecule has 0 unspecified atom stereocenters. The Kier molecular flexibility index (Phi) is 5.29. The van der Waals surface area contributed by atoms with Crippen LogP contribution in [0.4, 0.5) is 0 Å². The van der Waals surface area contributed by atoms with Crippen LogP contribution >= 0.6 is 11.6 Å². The van der Waals surface area contributed by atoms with Crippen LogP contribution in [-0.4, -0.2) is 24.5 Å². The Morgan fingerprint density at radius 3 is 2.62 bits per heavy atom. The molecule has 1 aromatic carbocycles. The van der Waals surface area contributed by atoms with Gasteiger partial charge in [0.15, 0.2) is 0 Å². The van der Waals surface area contributed by atoms with Crippen LogP contribution < -0.4 is 5.32 Å². The number of carbonyl (C=O) groups excluding carboxylic acids is 1. The van der Waals surface area contributed by atoms with Crippen molar-refractivity contribution in [1.82, 2.24) is 15.5 Å². The highest BCUT2D eigenvalue weighted by atomic mass is 35.5. The molecule has 2 aromatic rings. The van der Waals surface area contributed by atoms with Crippen molar-refractivity contribution in [1.29, 1.82) is 0 Å². The van der Waals surface area contributed by atoms with Gasteiger partial charge in [0, 0.05) is 10.4 Å². The first-order valence-electron chi connectivity index (χ1n) is 7.16. The van der Waals surface area contributed by atoms with Crippen LogP contribution in [0, 0.1) is 5.41 Å². The van der Waals surface area contributed by atoms with Crippen LogP contribution in [-0.2, 0) is 26.9 Å². The van der Waals surface area contributed by atoms with Gasteiger partial charge in [-0.3, -0.25) is 4.79 Å². The minimum atomic E-state index is -3.79. The normalized spacial score (nSPS) is 12.2. The molecule has 9 heteroatoms. The maximum absolute atomic E-state index is 12.3. The van der Waals surface area contributed by atoms with E-state index in [4.69, 9.17) is 16.0 Å². The zero-order chi connectivity index (χ0) is 18.0. The molecule has 0 saturated carbocycles. The van der Waals surface area contributed by atoms with Gasteiger partial charge in [-0.25, -0.2) is 8.42 Å².